The smallest absolute Gasteiger partial charge is 0.244 e. The molecule has 0 aliphatic carbocycles. The third-order valence-corrected chi connectivity index (χ3v) is 3.79. The molecule has 0 amide bonds. The summed E-state index contributed by atoms with van der Waals surface area (Å²) in [4.78, 5) is 0.0451. The molecule has 0 fully saturated rings. The first kappa shape index (κ1) is 14.7. The van der Waals surface area contributed by atoms with Crippen molar-refractivity contribution >= 4 is 10.0 Å². The largest absolute Gasteiger partial charge is 0.497 e. The highest BCUT2D eigenvalue weighted by molar-refractivity contribution is 7.89. The van der Waals surface area contributed by atoms with Crippen LogP contribution in [0.4, 0.5) is 0 Å². The molecule has 6 nitrogen and oxygen atoms in total. The monoisotopic (exact) mass is 275 g/mol. The zero-order valence-electron chi connectivity index (χ0n) is 10.3. The molecule has 1 aromatic rings. The number of aliphatic hydroxyl groups is 1. The van der Waals surface area contributed by atoms with Crippen molar-refractivity contribution in [3.63, 3.8) is 0 Å². The SMILES string of the molecule is COc1ccc(S(=O)(=O)NCCCO)c(OC)c1. The lowest BCUT2D eigenvalue weighted by Crippen LogP contribution is -2.25. The maximum absolute atomic E-state index is 12.0. The molecule has 0 radical (unpaired) electrons. The molecule has 0 aliphatic heterocycles. The van der Waals surface area contributed by atoms with Crippen LogP contribution in [0.3, 0.4) is 0 Å². The number of rotatable bonds is 7. The quantitative estimate of drug-likeness (QED) is 0.702. The predicted molar refractivity (Wildman–Crippen MR) is 66.4 cm³/mol. The third kappa shape index (κ3) is 3.59. The zero-order valence-corrected chi connectivity index (χ0v) is 11.2. The highest BCUT2D eigenvalue weighted by Crippen LogP contribution is 2.28. The number of aliphatic hydroxyl groups excluding tert-OH is 1. The van der Waals surface area contributed by atoms with Gasteiger partial charge in [-0.15, -0.1) is 0 Å². The molecule has 0 spiro atoms. The van der Waals surface area contributed by atoms with Gasteiger partial charge in [-0.2, -0.15) is 0 Å². The van der Waals surface area contributed by atoms with E-state index in [0.717, 1.165) is 0 Å². The van der Waals surface area contributed by atoms with Gasteiger partial charge in [0.05, 0.1) is 14.2 Å². The van der Waals surface area contributed by atoms with Crippen molar-refractivity contribution in [2.75, 3.05) is 27.4 Å². The second-order valence-corrected chi connectivity index (χ2v) is 5.23. The Balaban J connectivity index is 3.00. The molecule has 18 heavy (non-hydrogen) atoms. The van der Waals surface area contributed by atoms with Crippen LogP contribution < -0.4 is 14.2 Å². The normalized spacial score (nSPS) is 11.3. The summed E-state index contributed by atoms with van der Waals surface area (Å²) in [5, 5.41) is 8.63. The standard InChI is InChI=1S/C11H17NO5S/c1-16-9-4-5-11(10(8-9)17-2)18(14,15)12-6-3-7-13/h4-5,8,12-13H,3,6-7H2,1-2H3. The van der Waals surface area contributed by atoms with Crippen molar-refractivity contribution < 1.29 is 23.0 Å². The van der Waals surface area contributed by atoms with E-state index in [4.69, 9.17) is 14.6 Å². The van der Waals surface area contributed by atoms with Gasteiger partial charge >= 0.3 is 0 Å². The Bertz CT molecular complexity index is 486. The zero-order chi connectivity index (χ0) is 13.6. The first-order valence-corrected chi connectivity index (χ1v) is 6.86. The van der Waals surface area contributed by atoms with Gasteiger partial charge in [-0.3, -0.25) is 0 Å². The lowest BCUT2D eigenvalue weighted by molar-refractivity contribution is 0.289. The number of hydrogen-bond acceptors (Lipinski definition) is 5. The molecule has 0 atom stereocenters. The molecule has 0 aromatic heterocycles. The summed E-state index contributed by atoms with van der Waals surface area (Å²) in [7, 11) is -0.763. The Morgan fingerprint density at radius 2 is 2.00 bits per heavy atom. The van der Waals surface area contributed by atoms with Crippen LogP contribution in [-0.4, -0.2) is 40.9 Å². The summed E-state index contributed by atoms with van der Waals surface area (Å²) in [6.45, 7) is 0.107. The molecule has 0 unspecified atom stereocenters. The molecular weight excluding hydrogens is 258 g/mol. The highest BCUT2D eigenvalue weighted by atomic mass is 32.2. The summed E-state index contributed by atoms with van der Waals surface area (Å²) in [5.41, 5.74) is 0. The van der Waals surface area contributed by atoms with Crippen LogP contribution in [0.15, 0.2) is 23.1 Å². The third-order valence-electron chi connectivity index (χ3n) is 2.29. The van der Waals surface area contributed by atoms with E-state index in [9.17, 15) is 8.42 Å². The number of methoxy groups -OCH3 is 2. The Labute approximate surface area is 107 Å². The first-order valence-electron chi connectivity index (χ1n) is 5.37. The fourth-order valence-corrected chi connectivity index (χ4v) is 2.58. The maximum Gasteiger partial charge on any atom is 0.244 e. The second-order valence-electron chi connectivity index (χ2n) is 3.49. The van der Waals surface area contributed by atoms with Crippen molar-refractivity contribution in [1.29, 1.82) is 0 Å². The minimum atomic E-state index is -3.64. The molecule has 0 bridgehead atoms. The van der Waals surface area contributed by atoms with Crippen molar-refractivity contribution in [1.82, 2.24) is 4.72 Å². The fraction of sp³-hybridized carbons (Fsp3) is 0.455. The lowest BCUT2D eigenvalue weighted by Gasteiger charge is -2.11. The van der Waals surface area contributed by atoms with Crippen molar-refractivity contribution in [3.05, 3.63) is 18.2 Å². The molecule has 2 N–H and O–H groups in total. The fourth-order valence-electron chi connectivity index (χ4n) is 1.36. The van der Waals surface area contributed by atoms with Crippen molar-refractivity contribution in [3.8, 4) is 11.5 Å². The van der Waals surface area contributed by atoms with Gasteiger partial charge in [-0.1, -0.05) is 0 Å². The lowest BCUT2D eigenvalue weighted by atomic mass is 10.3. The average molecular weight is 275 g/mol. The van der Waals surface area contributed by atoms with E-state index in [1.54, 1.807) is 6.07 Å². The molecule has 1 aromatic carbocycles. The van der Waals surface area contributed by atoms with Crippen LogP contribution in [-0.2, 0) is 10.0 Å². The average Bonchev–Trinajstić information content (AvgIpc) is 2.38. The summed E-state index contributed by atoms with van der Waals surface area (Å²) >= 11 is 0. The molecule has 0 heterocycles. The molecule has 0 saturated heterocycles. The molecule has 0 aliphatic rings. The number of nitrogens with one attached hydrogen (secondary N) is 1. The Morgan fingerprint density at radius 3 is 2.56 bits per heavy atom. The van der Waals surface area contributed by atoms with Crippen LogP contribution in [0.2, 0.25) is 0 Å². The maximum atomic E-state index is 12.0. The minimum absolute atomic E-state index is 0.0451. The number of hydrogen-bond donors (Lipinski definition) is 2. The number of sulfonamides is 1. The molecule has 0 saturated carbocycles. The van der Waals surface area contributed by atoms with E-state index in [1.165, 1.54) is 26.4 Å². The first-order chi connectivity index (χ1) is 8.55. The topological polar surface area (TPSA) is 84.9 Å². The van der Waals surface area contributed by atoms with Crippen molar-refractivity contribution in [2.45, 2.75) is 11.3 Å². The van der Waals surface area contributed by atoms with E-state index in [0.29, 0.717) is 12.2 Å². The van der Waals surface area contributed by atoms with Gasteiger partial charge in [0.15, 0.2) is 0 Å². The van der Waals surface area contributed by atoms with Crippen LogP contribution in [0.25, 0.3) is 0 Å². The minimum Gasteiger partial charge on any atom is -0.497 e. The van der Waals surface area contributed by atoms with E-state index in [1.807, 2.05) is 0 Å². The van der Waals surface area contributed by atoms with E-state index in [2.05, 4.69) is 4.72 Å². The summed E-state index contributed by atoms with van der Waals surface area (Å²) in [6.07, 6.45) is 0.359. The van der Waals surface area contributed by atoms with Gasteiger partial charge in [0.25, 0.3) is 0 Å². The second kappa shape index (κ2) is 6.58. The van der Waals surface area contributed by atoms with Crippen LogP contribution in [0, 0.1) is 0 Å². The Kier molecular flexibility index (Phi) is 5.39. The van der Waals surface area contributed by atoms with Gasteiger partial charge in [0, 0.05) is 19.2 Å². The van der Waals surface area contributed by atoms with Crippen LogP contribution >= 0.6 is 0 Å². The van der Waals surface area contributed by atoms with Gasteiger partial charge in [0.2, 0.25) is 10.0 Å². The van der Waals surface area contributed by atoms with Gasteiger partial charge < -0.3 is 14.6 Å². The Morgan fingerprint density at radius 1 is 1.28 bits per heavy atom. The van der Waals surface area contributed by atoms with Gasteiger partial charge in [0.1, 0.15) is 16.4 Å². The summed E-state index contributed by atoms with van der Waals surface area (Å²) in [6, 6.07) is 4.46. The number of ether oxygens (including phenoxy) is 2. The van der Waals surface area contributed by atoms with Gasteiger partial charge in [-0.05, 0) is 18.6 Å². The summed E-state index contributed by atoms with van der Waals surface area (Å²) in [5.74, 6) is 0.729. The van der Waals surface area contributed by atoms with E-state index in [-0.39, 0.29) is 23.8 Å². The van der Waals surface area contributed by atoms with E-state index < -0.39 is 10.0 Å². The highest BCUT2D eigenvalue weighted by Gasteiger charge is 2.19. The molecular formula is C11H17NO5S. The molecule has 1 rings (SSSR count). The summed E-state index contributed by atoms with van der Waals surface area (Å²) < 4.78 is 36.4. The van der Waals surface area contributed by atoms with Crippen LogP contribution in [0.1, 0.15) is 6.42 Å². The van der Waals surface area contributed by atoms with Crippen molar-refractivity contribution in [2.24, 2.45) is 0 Å². The predicted octanol–water partition coefficient (Wildman–Crippen LogP) is 0.365. The molecule has 7 heteroatoms. The van der Waals surface area contributed by atoms with Crippen LogP contribution in [0.5, 0.6) is 11.5 Å². The van der Waals surface area contributed by atoms with Gasteiger partial charge in [-0.25, -0.2) is 13.1 Å². The van der Waals surface area contributed by atoms with E-state index >= 15 is 0 Å². The number of benzene rings is 1. The molecule has 102 valence electrons. The Hall–Kier alpha value is -1.31.